The van der Waals surface area contributed by atoms with Crippen molar-refractivity contribution in [2.75, 3.05) is 13.6 Å². The van der Waals surface area contributed by atoms with Crippen molar-refractivity contribution in [2.45, 2.75) is 32.0 Å². The van der Waals surface area contributed by atoms with Gasteiger partial charge in [-0.3, -0.25) is 4.79 Å². The van der Waals surface area contributed by atoms with Gasteiger partial charge in [0.2, 0.25) is 5.91 Å². The van der Waals surface area contributed by atoms with Gasteiger partial charge in [-0.1, -0.05) is 12.1 Å². The van der Waals surface area contributed by atoms with Gasteiger partial charge in [0.25, 0.3) is 0 Å². The largest absolute Gasteiger partial charge is 0.435 e. The number of alkyl halides is 2. The number of hydrogen-bond donors (Lipinski definition) is 1. The van der Waals surface area contributed by atoms with E-state index in [0.29, 0.717) is 6.54 Å². The van der Waals surface area contributed by atoms with Gasteiger partial charge in [0.05, 0.1) is 6.04 Å². The fourth-order valence-electron chi connectivity index (χ4n) is 2.29. The van der Waals surface area contributed by atoms with Gasteiger partial charge < -0.3 is 15.0 Å². The quantitative estimate of drug-likeness (QED) is 0.899. The lowest BCUT2D eigenvalue weighted by atomic mass is 10.1. The third-order valence-electron chi connectivity index (χ3n) is 3.30. The van der Waals surface area contributed by atoms with Gasteiger partial charge >= 0.3 is 6.61 Å². The monoisotopic (exact) mass is 284 g/mol. The van der Waals surface area contributed by atoms with Gasteiger partial charge in [0.15, 0.2) is 0 Å². The second kappa shape index (κ2) is 6.65. The van der Waals surface area contributed by atoms with E-state index < -0.39 is 6.61 Å². The van der Waals surface area contributed by atoms with Crippen LogP contribution in [-0.4, -0.2) is 37.1 Å². The number of likely N-dealkylation sites (N-methyl/N-ethyl adjacent to an activating group) is 1. The summed E-state index contributed by atoms with van der Waals surface area (Å²) < 4.78 is 28.3. The van der Waals surface area contributed by atoms with Crippen LogP contribution in [0.2, 0.25) is 0 Å². The molecule has 1 N–H and O–H groups in total. The summed E-state index contributed by atoms with van der Waals surface area (Å²) >= 11 is 0. The van der Waals surface area contributed by atoms with Gasteiger partial charge in [0, 0.05) is 13.6 Å². The van der Waals surface area contributed by atoms with Crippen LogP contribution in [0.5, 0.6) is 5.75 Å². The van der Waals surface area contributed by atoms with Crippen LogP contribution >= 0.6 is 0 Å². The van der Waals surface area contributed by atoms with Crippen molar-refractivity contribution >= 4 is 5.91 Å². The summed E-state index contributed by atoms with van der Waals surface area (Å²) in [5, 5.41) is 3.16. The molecular weight excluding hydrogens is 266 g/mol. The SMILES string of the molecule is CN(Cc1ccc(OC(F)F)cc1)C(=O)C1CCCN1. The molecule has 20 heavy (non-hydrogen) atoms. The highest BCUT2D eigenvalue weighted by Crippen LogP contribution is 2.16. The highest BCUT2D eigenvalue weighted by Gasteiger charge is 2.24. The minimum absolute atomic E-state index is 0.0652. The van der Waals surface area contributed by atoms with E-state index in [0.717, 1.165) is 24.9 Å². The molecule has 0 saturated carbocycles. The fraction of sp³-hybridized carbons (Fsp3) is 0.500. The van der Waals surface area contributed by atoms with E-state index in [1.54, 1.807) is 24.1 Å². The Balaban J connectivity index is 1.90. The minimum atomic E-state index is -2.82. The first kappa shape index (κ1) is 14.7. The van der Waals surface area contributed by atoms with Gasteiger partial charge in [0.1, 0.15) is 5.75 Å². The molecule has 6 heteroatoms. The molecule has 2 rings (SSSR count). The van der Waals surface area contributed by atoms with Crippen molar-refractivity contribution in [3.05, 3.63) is 29.8 Å². The van der Waals surface area contributed by atoms with Crippen LogP contribution in [0.4, 0.5) is 8.78 Å². The number of halogens is 2. The van der Waals surface area contributed by atoms with Gasteiger partial charge in [-0.05, 0) is 37.1 Å². The number of hydrogen-bond acceptors (Lipinski definition) is 3. The third-order valence-corrected chi connectivity index (χ3v) is 3.30. The van der Waals surface area contributed by atoms with E-state index in [9.17, 15) is 13.6 Å². The predicted molar refractivity (Wildman–Crippen MR) is 70.6 cm³/mol. The standard InChI is InChI=1S/C14H18F2N2O2/c1-18(13(19)12-3-2-8-17-12)9-10-4-6-11(7-5-10)20-14(15)16/h4-7,12,14,17H,2-3,8-9H2,1H3. The van der Waals surface area contributed by atoms with Gasteiger partial charge in [-0.25, -0.2) is 0 Å². The Bertz CT molecular complexity index is 445. The number of rotatable bonds is 5. The van der Waals surface area contributed by atoms with Crippen LogP contribution in [0.1, 0.15) is 18.4 Å². The van der Waals surface area contributed by atoms with Crippen molar-refractivity contribution < 1.29 is 18.3 Å². The molecule has 1 aliphatic heterocycles. The first-order valence-corrected chi connectivity index (χ1v) is 6.58. The first-order valence-electron chi connectivity index (χ1n) is 6.58. The molecular formula is C14H18F2N2O2. The average molecular weight is 284 g/mol. The highest BCUT2D eigenvalue weighted by molar-refractivity contribution is 5.81. The molecule has 1 aromatic rings. The van der Waals surface area contributed by atoms with Crippen LogP contribution in [0, 0.1) is 0 Å². The Morgan fingerprint density at radius 2 is 2.15 bits per heavy atom. The molecule has 1 atom stereocenters. The lowest BCUT2D eigenvalue weighted by Gasteiger charge is -2.21. The van der Waals surface area contributed by atoms with Crippen molar-refractivity contribution in [2.24, 2.45) is 0 Å². The summed E-state index contributed by atoms with van der Waals surface area (Å²) in [6, 6.07) is 6.23. The van der Waals surface area contributed by atoms with E-state index in [-0.39, 0.29) is 17.7 Å². The van der Waals surface area contributed by atoms with Gasteiger partial charge in [-0.2, -0.15) is 8.78 Å². The number of amides is 1. The molecule has 1 saturated heterocycles. The fourth-order valence-corrected chi connectivity index (χ4v) is 2.29. The van der Waals surface area contributed by atoms with Crippen LogP contribution in [0.25, 0.3) is 0 Å². The Morgan fingerprint density at radius 1 is 1.45 bits per heavy atom. The Kier molecular flexibility index (Phi) is 4.89. The van der Waals surface area contributed by atoms with E-state index in [4.69, 9.17) is 0 Å². The summed E-state index contributed by atoms with van der Waals surface area (Å²) in [4.78, 5) is 13.7. The average Bonchev–Trinajstić information content (AvgIpc) is 2.93. The van der Waals surface area contributed by atoms with Crippen molar-refractivity contribution in [3.8, 4) is 5.75 Å². The Morgan fingerprint density at radius 3 is 2.70 bits per heavy atom. The van der Waals surface area contributed by atoms with Crippen LogP contribution in [0.15, 0.2) is 24.3 Å². The predicted octanol–water partition coefficient (Wildman–Crippen LogP) is 2.00. The van der Waals surface area contributed by atoms with Gasteiger partial charge in [-0.15, -0.1) is 0 Å². The molecule has 0 radical (unpaired) electrons. The molecule has 1 aliphatic rings. The van der Waals surface area contributed by atoms with Crippen molar-refractivity contribution in [3.63, 3.8) is 0 Å². The molecule has 1 unspecified atom stereocenters. The number of carbonyl (C=O) groups is 1. The number of carbonyl (C=O) groups excluding carboxylic acids is 1. The summed E-state index contributed by atoms with van der Waals surface area (Å²) in [5.74, 6) is 0.186. The van der Waals surface area contributed by atoms with Crippen LogP contribution < -0.4 is 10.1 Å². The lowest BCUT2D eigenvalue weighted by molar-refractivity contribution is -0.132. The molecule has 0 aliphatic carbocycles. The number of nitrogens with one attached hydrogen (secondary N) is 1. The number of nitrogens with zero attached hydrogens (tertiary/aromatic N) is 1. The van der Waals surface area contributed by atoms with E-state index in [1.807, 2.05) is 0 Å². The first-order chi connectivity index (χ1) is 9.56. The summed E-state index contributed by atoms with van der Waals surface area (Å²) in [5.41, 5.74) is 0.875. The molecule has 1 heterocycles. The summed E-state index contributed by atoms with van der Waals surface area (Å²) in [6.45, 7) is -1.49. The molecule has 1 aromatic carbocycles. The maximum Gasteiger partial charge on any atom is 0.387 e. The molecule has 4 nitrogen and oxygen atoms in total. The summed E-state index contributed by atoms with van der Waals surface area (Å²) in [6.07, 6.45) is 1.88. The second-order valence-electron chi connectivity index (χ2n) is 4.87. The molecule has 1 fully saturated rings. The smallest absolute Gasteiger partial charge is 0.387 e. The zero-order chi connectivity index (χ0) is 14.5. The molecule has 1 amide bonds. The summed E-state index contributed by atoms with van der Waals surface area (Å²) in [7, 11) is 1.74. The minimum Gasteiger partial charge on any atom is -0.435 e. The molecule has 0 aromatic heterocycles. The number of benzene rings is 1. The van der Waals surface area contributed by atoms with E-state index in [2.05, 4.69) is 10.1 Å². The van der Waals surface area contributed by atoms with E-state index >= 15 is 0 Å². The molecule has 0 spiro atoms. The normalized spacial score (nSPS) is 18.3. The third kappa shape index (κ3) is 3.90. The van der Waals surface area contributed by atoms with Crippen LogP contribution in [-0.2, 0) is 11.3 Å². The Labute approximate surface area is 116 Å². The molecule has 0 bridgehead atoms. The molecule has 110 valence electrons. The highest BCUT2D eigenvalue weighted by atomic mass is 19.3. The maximum atomic E-state index is 12.1. The van der Waals surface area contributed by atoms with E-state index in [1.165, 1.54) is 12.1 Å². The van der Waals surface area contributed by atoms with Crippen molar-refractivity contribution in [1.29, 1.82) is 0 Å². The zero-order valence-corrected chi connectivity index (χ0v) is 11.3. The number of ether oxygens (including phenoxy) is 1. The maximum absolute atomic E-state index is 12.1. The topological polar surface area (TPSA) is 41.6 Å². The lowest BCUT2D eigenvalue weighted by Crippen LogP contribution is -2.41. The van der Waals surface area contributed by atoms with Crippen molar-refractivity contribution in [1.82, 2.24) is 10.2 Å². The second-order valence-corrected chi connectivity index (χ2v) is 4.87. The Hall–Kier alpha value is -1.69. The zero-order valence-electron chi connectivity index (χ0n) is 11.3. The van der Waals surface area contributed by atoms with Crippen LogP contribution in [0.3, 0.4) is 0 Å².